The number of carbonyl (C=O) groups is 2. The van der Waals surface area contributed by atoms with Crippen molar-refractivity contribution in [3.63, 3.8) is 0 Å². The maximum atomic E-state index is 12.5. The van der Waals surface area contributed by atoms with E-state index in [9.17, 15) is 9.59 Å². The first kappa shape index (κ1) is 16.0. The Morgan fingerprint density at radius 3 is 2.57 bits per heavy atom. The van der Waals surface area contributed by atoms with Crippen LogP contribution in [0.15, 0.2) is 22.7 Å². The highest BCUT2D eigenvalue weighted by molar-refractivity contribution is 9.10. The zero-order valence-corrected chi connectivity index (χ0v) is 14.1. The number of halogens is 1. The number of nitrogens with one attached hydrogen (secondary N) is 1. The summed E-state index contributed by atoms with van der Waals surface area (Å²) in [5.74, 6) is 0.578. The molecule has 4 nitrogen and oxygen atoms in total. The molecule has 2 rings (SSSR count). The third kappa shape index (κ3) is 4.30. The standard InChI is InChI=1S/C16H21BrN2O2/c1-11-3-4-14(9-15(11)17)16(21)19-7-5-13(6-8-19)10-18-12(2)20/h3-4,9,13H,5-8,10H2,1-2H3,(H,18,20). The molecule has 1 saturated heterocycles. The second-order valence-corrected chi connectivity index (χ2v) is 6.49. The summed E-state index contributed by atoms with van der Waals surface area (Å²) in [4.78, 5) is 25.3. The van der Waals surface area contributed by atoms with Gasteiger partial charge in [0, 0.05) is 36.6 Å². The van der Waals surface area contributed by atoms with Crippen LogP contribution in [0.3, 0.4) is 0 Å². The normalized spacial score (nSPS) is 15.9. The fourth-order valence-corrected chi connectivity index (χ4v) is 2.92. The summed E-state index contributed by atoms with van der Waals surface area (Å²) in [6, 6.07) is 5.73. The maximum Gasteiger partial charge on any atom is 0.253 e. The van der Waals surface area contributed by atoms with Gasteiger partial charge in [0.1, 0.15) is 0 Å². The molecule has 2 amide bonds. The third-order valence-electron chi connectivity index (χ3n) is 3.96. The number of piperidine rings is 1. The molecule has 21 heavy (non-hydrogen) atoms. The SMILES string of the molecule is CC(=O)NCC1CCN(C(=O)c2ccc(C)c(Br)c2)CC1. The molecule has 1 N–H and O–H groups in total. The number of likely N-dealkylation sites (tertiary alicyclic amines) is 1. The van der Waals surface area contributed by atoms with Crippen molar-refractivity contribution >= 4 is 27.7 Å². The zero-order chi connectivity index (χ0) is 15.4. The first-order valence-corrected chi connectivity index (χ1v) is 8.06. The van der Waals surface area contributed by atoms with Gasteiger partial charge in [0.15, 0.2) is 0 Å². The number of aryl methyl sites for hydroxylation is 1. The molecule has 0 spiro atoms. The van der Waals surface area contributed by atoms with Gasteiger partial charge in [0.25, 0.3) is 5.91 Å². The number of carbonyl (C=O) groups excluding carboxylic acids is 2. The lowest BCUT2D eigenvalue weighted by molar-refractivity contribution is -0.119. The van der Waals surface area contributed by atoms with Gasteiger partial charge in [0.2, 0.25) is 5.91 Å². The lowest BCUT2D eigenvalue weighted by Gasteiger charge is -2.32. The van der Waals surface area contributed by atoms with Crippen LogP contribution in [0, 0.1) is 12.8 Å². The Labute approximate surface area is 134 Å². The molecule has 1 heterocycles. The molecule has 0 aliphatic carbocycles. The largest absolute Gasteiger partial charge is 0.356 e. The van der Waals surface area contributed by atoms with Crippen LogP contribution in [0.2, 0.25) is 0 Å². The molecule has 1 fully saturated rings. The average Bonchev–Trinajstić information content (AvgIpc) is 2.48. The summed E-state index contributed by atoms with van der Waals surface area (Å²) in [7, 11) is 0. The highest BCUT2D eigenvalue weighted by atomic mass is 79.9. The topological polar surface area (TPSA) is 49.4 Å². The van der Waals surface area contributed by atoms with Crippen LogP contribution >= 0.6 is 15.9 Å². The van der Waals surface area contributed by atoms with Gasteiger partial charge in [-0.2, -0.15) is 0 Å². The van der Waals surface area contributed by atoms with Crippen LogP contribution < -0.4 is 5.32 Å². The highest BCUT2D eigenvalue weighted by Crippen LogP contribution is 2.21. The van der Waals surface area contributed by atoms with Crippen molar-refractivity contribution in [1.82, 2.24) is 10.2 Å². The second kappa shape index (κ2) is 7.07. The minimum atomic E-state index is 0.0120. The van der Waals surface area contributed by atoms with E-state index in [2.05, 4.69) is 21.2 Å². The minimum Gasteiger partial charge on any atom is -0.356 e. The van der Waals surface area contributed by atoms with E-state index in [4.69, 9.17) is 0 Å². The number of rotatable bonds is 3. The highest BCUT2D eigenvalue weighted by Gasteiger charge is 2.23. The number of nitrogens with zero attached hydrogens (tertiary/aromatic N) is 1. The van der Waals surface area contributed by atoms with Crippen LogP contribution in [-0.2, 0) is 4.79 Å². The Hall–Kier alpha value is -1.36. The van der Waals surface area contributed by atoms with Gasteiger partial charge < -0.3 is 10.2 Å². The summed E-state index contributed by atoms with van der Waals surface area (Å²) in [5.41, 5.74) is 1.85. The van der Waals surface area contributed by atoms with E-state index in [0.29, 0.717) is 12.5 Å². The fourth-order valence-electron chi connectivity index (χ4n) is 2.54. The molecule has 0 aromatic heterocycles. The van der Waals surface area contributed by atoms with Gasteiger partial charge in [-0.1, -0.05) is 22.0 Å². The minimum absolute atomic E-state index is 0.0120. The number of hydrogen-bond donors (Lipinski definition) is 1. The van der Waals surface area contributed by atoms with Crippen LogP contribution in [0.25, 0.3) is 0 Å². The summed E-state index contributed by atoms with van der Waals surface area (Å²) < 4.78 is 0.967. The predicted octanol–water partition coefficient (Wildman–Crippen LogP) is 2.75. The van der Waals surface area contributed by atoms with Gasteiger partial charge in [-0.25, -0.2) is 0 Å². The molecule has 0 saturated carbocycles. The van der Waals surface area contributed by atoms with E-state index in [0.717, 1.165) is 41.5 Å². The van der Waals surface area contributed by atoms with Crippen molar-refractivity contribution in [3.8, 4) is 0 Å². The molecule has 1 aliphatic heterocycles. The van der Waals surface area contributed by atoms with Crippen molar-refractivity contribution in [2.75, 3.05) is 19.6 Å². The molecule has 1 aliphatic rings. The van der Waals surface area contributed by atoms with Crippen molar-refractivity contribution in [2.45, 2.75) is 26.7 Å². The average molecular weight is 353 g/mol. The Bertz CT molecular complexity index is 537. The molecule has 0 unspecified atom stereocenters. The molecule has 0 bridgehead atoms. The lowest BCUT2D eigenvalue weighted by atomic mass is 9.96. The molecule has 0 radical (unpaired) electrons. The molecule has 1 aromatic rings. The van der Waals surface area contributed by atoms with Gasteiger partial charge in [0.05, 0.1) is 0 Å². The number of benzene rings is 1. The van der Waals surface area contributed by atoms with Crippen molar-refractivity contribution in [1.29, 1.82) is 0 Å². The van der Waals surface area contributed by atoms with Gasteiger partial charge in [-0.3, -0.25) is 9.59 Å². The van der Waals surface area contributed by atoms with E-state index in [1.807, 2.05) is 30.0 Å². The first-order valence-electron chi connectivity index (χ1n) is 7.27. The Kier molecular flexibility index (Phi) is 5.39. The monoisotopic (exact) mass is 352 g/mol. The van der Waals surface area contributed by atoms with Crippen LogP contribution in [0.4, 0.5) is 0 Å². The molecule has 114 valence electrons. The van der Waals surface area contributed by atoms with E-state index in [1.165, 1.54) is 6.92 Å². The summed E-state index contributed by atoms with van der Waals surface area (Å²) in [5, 5.41) is 2.86. The van der Waals surface area contributed by atoms with Crippen LogP contribution in [0.1, 0.15) is 35.7 Å². The van der Waals surface area contributed by atoms with Gasteiger partial charge in [-0.05, 0) is 43.4 Å². The molecule has 5 heteroatoms. The van der Waals surface area contributed by atoms with Crippen LogP contribution in [-0.4, -0.2) is 36.3 Å². The Morgan fingerprint density at radius 1 is 1.33 bits per heavy atom. The van der Waals surface area contributed by atoms with Gasteiger partial charge in [-0.15, -0.1) is 0 Å². The van der Waals surface area contributed by atoms with E-state index in [-0.39, 0.29) is 11.8 Å². The molecular weight excluding hydrogens is 332 g/mol. The first-order chi connectivity index (χ1) is 9.97. The van der Waals surface area contributed by atoms with Crippen LogP contribution in [0.5, 0.6) is 0 Å². The fraction of sp³-hybridized carbons (Fsp3) is 0.500. The second-order valence-electron chi connectivity index (χ2n) is 5.64. The zero-order valence-electron chi connectivity index (χ0n) is 12.5. The third-order valence-corrected chi connectivity index (χ3v) is 4.81. The van der Waals surface area contributed by atoms with E-state index in [1.54, 1.807) is 0 Å². The van der Waals surface area contributed by atoms with Crippen molar-refractivity contribution in [2.24, 2.45) is 5.92 Å². The molecular formula is C16H21BrN2O2. The van der Waals surface area contributed by atoms with E-state index < -0.39 is 0 Å². The van der Waals surface area contributed by atoms with Gasteiger partial charge >= 0.3 is 0 Å². The molecule has 1 aromatic carbocycles. The smallest absolute Gasteiger partial charge is 0.253 e. The number of hydrogen-bond acceptors (Lipinski definition) is 2. The van der Waals surface area contributed by atoms with E-state index >= 15 is 0 Å². The summed E-state index contributed by atoms with van der Waals surface area (Å²) in [6.45, 7) is 5.77. The maximum absolute atomic E-state index is 12.5. The Balaban J connectivity index is 1.90. The van der Waals surface area contributed by atoms with Crippen molar-refractivity contribution < 1.29 is 9.59 Å². The molecule has 0 atom stereocenters. The number of amides is 2. The predicted molar refractivity (Wildman–Crippen MR) is 86.2 cm³/mol. The summed E-state index contributed by atoms with van der Waals surface area (Å²) >= 11 is 3.47. The lowest BCUT2D eigenvalue weighted by Crippen LogP contribution is -2.41. The Morgan fingerprint density at radius 2 is 2.00 bits per heavy atom. The van der Waals surface area contributed by atoms with Crippen molar-refractivity contribution in [3.05, 3.63) is 33.8 Å². The summed E-state index contributed by atoms with van der Waals surface area (Å²) in [6.07, 6.45) is 1.89. The quantitative estimate of drug-likeness (QED) is 0.909.